The van der Waals surface area contributed by atoms with Gasteiger partial charge in [-0.15, -0.1) is 0 Å². The number of furan rings is 3. The van der Waals surface area contributed by atoms with Gasteiger partial charge in [0.2, 0.25) is 0 Å². The zero-order valence-corrected chi connectivity index (χ0v) is 77.5. The van der Waals surface area contributed by atoms with Gasteiger partial charge in [0, 0.05) is 87.5 Å². The fourth-order valence-corrected chi connectivity index (χ4v) is 22.7. The van der Waals surface area contributed by atoms with E-state index in [0.717, 1.165) is 161 Å². The molecule has 3 aliphatic rings. The summed E-state index contributed by atoms with van der Waals surface area (Å²) >= 11 is 0. The summed E-state index contributed by atoms with van der Waals surface area (Å²) in [5, 5.41) is 14.3. The molecule has 18 aromatic carbocycles. The number of fused-ring (bicyclic) bond motifs is 31. The molecule has 0 saturated heterocycles. The SMILES string of the molecule is CC1(C)c2ccc3ccccc3c2-c2c(ccc3c2oc2ccc(-c4nc5ccccc5nc4-c4ccccc4)cc23)C1(C)C.CC1(C)c2ccc3ccccc3c2-c2ccc3oc4ccc(-c5nc6ccccc6nc5-c5ccccc5)cc4c3c2C1(C)C.CC1(C)c2ccccc2-c2c(c3ccccc3c3oc4ccc(-c5nc6ccccc6nc5-c5ccccc5)cc4c23)C1(C)C. The number of hydrogen-bond acceptors (Lipinski definition) is 9. The van der Waals surface area contributed by atoms with Crippen LogP contribution in [0.4, 0.5) is 0 Å². The van der Waals surface area contributed by atoms with E-state index >= 15 is 0 Å². The first-order valence-corrected chi connectivity index (χ1v) is 47.0. The Morgan fingerprint density at radius 2 is 0.526 bits per heavy atom. The molecule has 6 aromatic heterocycles. The second-order valence-electron chi connectivity index (χ2n) is 40.2. The van der Waals surface area contributed by atoms with Crippen LogP contribution >= 0.6 is 0 Å². The van der Waals surface area contributed by atoms with Crippen molar-refractivity contribution in [1.82, 2.24) is 29.9 Å². The number of nitrogens with zero attached hydrogens (tertiary/aromatic N) is 6. The van der Waals surface area contributed by atoms with Crippen LogP contribution in [0.3, 0.4) is 0 Å². The van der Waals surface area contributed by atoms with Crippen LogP contribution in [0.5, 0.6) is 0 Å². The lowest BCUT2D eigenvalue weighted by atomic mass is 9.54. The van der Waals surface area contributed by atoms with Gasteiger partial charge in [-0.1, -0.05) is 350 Å². The molecule has 24 aromatic rings. The van der Waals surface area contributed by atoms with Crippen molar-refractivity contribution in [3.8, 4) is 101 Å². The van der Waals surface area contributed by atoms with E-state index < -0.39 is 0 Å². The number of benzene rings is 18. The third-order valence-corrected chi connectivity index (χ3v) is 31.8. The molecule has 0 aliphatic heterocycles. The Labute approximate surface area is 783 Å². The quantitative estimate of drug-likeness (QED) is 0.160. The van der Waals surface area contributed by atoms with Gasteiger partial charge in [-0.05, 0) is 207 Å². The van der Waals surface area contributed by atoms with Crippen molar-refractivity contribution >= 4 is 131 Å². The van der Waals surface area contributed by atoms with Gasteiger partial charge in [0.1, 0.15) is 33.5 Å². The minimum atomic E-state index is -0.179. The highest BCUT2D eigenvalue weighted by Crippen LogP contribution is 2.63. The smallest absolute Gasteiger partial charge is 0.143 e. The molecule has 0 bridgehead atoms. The Morgan fingerprint density at radius 1 is 0.185 bits per heavy atom. The molecule has 0 unspecified atom stereocenters. The molecule has 648 valence electrons. The van der Waals surface area contributed by atoms with Gasteiger partial charge in [-0.2, -0.15) is 0 Å². The molecule has 0 radical (unpaired) electrons. The van der Waals surface area contributed by atoms with Crippen molar-refractivity contribution in [3.63, 3.8) is 0 Å². The highest BCUT2D eigenvalue weighted by atomic mass is 16.3. The lowest BCUT2D eigenvalue weighted by molar-refractivity contribution is 0.299. The van der Waals surface area contributed by atoms with Crippen molar-refractivity contribution in [2.24, 2.45) is 0 Å². The molecule has 6 heterocycles. The lowest BCUT2D eigenvalue weighted by Crippen LogP contribution is -2.43. The Kier molecular flexibility index (Phi) is 17.9. The van der Waals surface area contributed by atoms with Gasteiger partial charge in [0.25, 0.3) is 0 Å². The van der Waals surface area contributed by atoms with Crippen molar-refractivity contribution < 1.29 is 13.3 Å². The molecule has 0 N–H and O–H groups in total. The maximum absolute atomic E-state index is 6.86. The van der Waals surface area contributed by atoms with E-state index in [2.05, 4.69) is 356 Å². The van der Waals surface area contributed by atoms with Crippen LogP contribution in [0.15, 0.2) is 377 Å². The second kappa shape index (κ2) is 29.8. The van der Waals surface area contributed by atoms with Crippen molar-refractivity contribution in [2.45, 2.75) is 116 Å². The van der Waals surface area contributed by atoms with Crippen molar-refractivity contribution in [1.29, 1.82) is 0 Å². The zero-order chi connectivity index (χ0) is 91.5. The van der Waals surface area contributed by atoms with E-state index in [9.17, 15) is 0 Å². The number of hydrogen-bond donors (Lipinski definition) is 0. The zero-order valence-electron chi connectivity index (χ0n) is 77.5. The summed E-state index contributed by atoms with van der Waals surface area (Å²) in [6.07, 6.45) is 0. The Hall–Kier alpha value is -15.8. The van der Waals surface area contributed by atoms with Gasteiger partial charge in [-0.3, -0.25) is 0 Å². The van der Waals surface area contributed by atoms with Crippen LogP contribution in [0.1, 0.15) is 116 Å². The predicted octanol–water partition coefficient (Wildman–Crippen LogP) is 33.8. The van der Waals surface area contributed by atoms with Crippen molar-refractivity contribution in [3.05, 3.63) is 397 Å². The molecular formula is C126H96N6O3. The Bertz CT molecular complexity index is 9120. The van der Waals surface area contributed by atoms with Crippen LogP contribution in [-0.2, 0) is 32.5 Å². The van der Waals surface area contributed by atoms with E-state index in [1.54, 1.807) is 0 Å². The first kappa shape index (κ1) is 81.2. The number of para-hydroxylation sites is 6. The van der Waals surface area contributed by atoms with E-state index in [1.165, 1.54) is 104 Å². The number of aromatic nitrogens is 6. The number of rotatable bonds is 6. The van der Waals surface area contributed by atoms with Gasteiger partial charge >= 0.3 is 0 Å². The van der Waals surface area contributed by atoms with Crippen LogP contribution < -0.4 is 0 Å². The van der Waals surface area contributed by atoms with Gasteiger partial charge < -0.3 is 13.3 Å². The first-order valence-electron chi connectivity index (χ1n) is 47.0. The summed E-state index contributed by atoms with van der Waals surface area (Å²) in [5.41, 5.74) is 37.4. The van der Waals surface area contributed by atoms with E-state index in [-0.39, 0.29) is 32.5 Å². The summed E-state index contributed by atoms with van der Waals surface area (Å²) < 4.78 is 20.3. The highest BCUT2D eigenvalue weighted by molar-refractivity contribution is 6.25. The van der Waals surface area contributed by atoms with Crippen LogP contribution in [0.2, 0.25) is 0 Å². The maximum Gasteiger partial charge on any atom is 0.143 e. The van der Waals surface area contributed by atoms with Crippen LogP contribution in [0, 0.1) is 0 Å². The molecule has 0 spiro atoms. The molecule has 27 rings (SSSR count). The molecule has 135 heavy (non-hydrogen) atoms. The van der Waals surface area contributed by atoms with Gasteiger partial charge in [-0.25, -0.2) is 29.9 Å². The van der Waals surface area contributed by atoms with Gasteiger partial charge in [0.15, 0.2) is 0 Å². The monoisotopic (exact) mass is 1740 g/mol. The summed E-state index contributed by atoms with van der Waals surface area (Å²) in [4.78, 5) is 31.0. The summed E-state index contributed by atoms with van der Waals surface area (Å²) in [7, 11) is 0. The summed E-state index contributed by atoms with van der Waals surface area (Å²) in [6.45, 7) is 28.7. The molecule has 0 fully saturated rings. The van der Waals surface area contributed by atoms with Gasteiger partial charge in [0.05, 0.1) is 67.3 Å². The summed E-state index contributed by atoms with van der Waals surface area (Å²) in [5.74, 6) is 0. The third kappa shape index (κ3) is 12.1. The average Bonchev–Trinajstić information content (AvgIpc) is 1.64. The molecule has 9 nitrogen and oxygen atoms in total. The second-order valence-corrected chi connectivity index (χ2v) is 40.2. The third-order valence-electron chi connectivity index (χ3n) is 31.8. The Balaban J connectivity index is 0.000000108. The van der Waals surface area contributed by atoms with Crippen LogP contribution in [-0.4, -0.2) is 29.9 Å². The van der Waals surface area contributed by atoms with Crippen molar-refractivity contribution in [2.75, 3.05) is 0 Å². The first-order chi connectivity index (χ1) is 65.5. The fourth-order valence-electron chi connectivity index (χ4n) is 22.7. The van der Waals surface area contributed by atoms with Crippen LogP contribution in [0.25, 0.3) is 232 Å². The normalized spacial score (nSPS) is 15.0. The minimum absolute atomic E-state index is 0.0746. The van der Waals surface area contributed by atoms with E-state index in [1.807, 2.05) is 91.0 Å². The van der Waals surface area contributed by atoms with E-state index in [0.29, 0.717) is 0 Å². The fraction of sp³-hybridized carbons (Fsp3) is 0.143. The lowest BCUT2D eigenvalue weighted by Gasteiger charge is -2.49. The largest absolute Gasteiger partial charge is 0.456 e. The molecule has 0 atom stereocenters. The molecule has 9 heteroatoms. The molecule has 0 saturated carbocycles. The molecular weight excluding hydrogens is 1650 g/mol. The molecule has 0 amide bonds. The predicted molar refractivity (Wildman–Crippen MR) is 560 cm³/mol. The standard InChI is InChI=1S/3C42H32N2O/c1-41(2)31-19-11-10-18-29(31)35-36-30-24-26(39-38(25-14-6-5-7-15-25)43-32-20-12-13-21-33(32)44-39)22-23-34(30)45-40(36)28-17-9-8-16-27(28)37(35)42(41,3)4;1-41(2)31-21-18-25-12-8-9-15-28(25)36(31)37-32(42(41,3)4)22-20-29-30-24-27(19-23-35(30)45-40(29)37)39-38(26-13-6-5-7-14-26)43-33-16-10-11-17-34(33)44-39;1-41(2)31-21-18-25-12-8-9-15-28(25)36(31)29-20-23-35-37(38(29)42(41,3)4)30-24-27(19-22-34(30)45-35)40-39(26-13-6-5-7-14-26)43-32-16-10-11-17-33(32)44-40/h3*5-24H,1-4H3. The van der Waals surface area contributed by atoms with E-state index in [4.69, 9.17) is 43.2 Å². The summed E-state index contributed by atoms with van der Waals surface area (Å²) in [6, 6.07) is 128. The molecule has 3 aliphatic carbocycles. The Morgan fingerprint density at radius 3 is 1.03 bits per heavy atom. The maximum atomic E-state index is 6.86. The average molecular weight is 1740 g/mol. The topological polar surface area (TPSA) is 117 Å². The highest BCUT2D eigenvalue weighted by Gasteiger charge is 2.51. The minimum Gasteiger partial charge on any atom is -0.456 e.